The summed E-state index contributed by atoms with van der Waals surface area (Å²) in [7, 11) is 1.70. The molecule has 96 valence electrons. The first kappa shape index (κ1) is 14.2. The van der Waals surface area contributed by atoms with E-state index < -0.39 is 0 Å². The van der Waals surface area contributed by atoms with E-state index in [1.54, 1.807) is 7.11 Å². The van der Waals surface area contributed by atoms with Crippen LogP contribution in [0.5, 0.6) is 0 Å². The predicted octanol–water partition coefficient (Wildman–Crippen LogP) is 3.67. The number of carbonyl (C=O) groups is 1. The molecule has 1 rings (SSSR count). The van der Waals surface area contributed by atoms with Crippen LogP contribution in [0.4, 0.5) is 0 Å². The fourth-order valence-electron chi connectivity index (χ4n) is 2.30. The van der Waals surface area contributed by atoms with Crippen LogP contribution >= 0.6 is 0 Å². The normalized spacial score (nSPS) is 21.4. The molecule has 1 atom stereocenters. The second-order valence-corrected chi connectivity index (χ2v) is 4.94. The van der Waals surface area contributed by atoms with Crippen molar-refractivity contribution in [1.29, 1.82) is 0 Å². The summed E-state index contributed by atoms with van der Waals surface area (Å²) in [6, 6.07) is 0. The van der Waals surface area contributed by atoms with Crippen molar-refractivity contribution in [2.75, 3.05) is 13.7 Å². The number of ketones is 1. The van der Waals surface area contributed by atoms with Crippen LogP contribution in [-0.4, -0.2) is 19.5 Å². The molecule has 0 aromatic rings. The standard InChI is InChI=1S/C15H24O2/c1-12(10-11-17-3)8-9-14-7-5-4-6-13(2)15(14)16/h14H,1-2,4-11H2,3H3. The second kappa shape index (κ2) is 7.44. The molecule has 0 aliphatic heterocycles. The zero-order chi connectivity index (χ0) is 12.7. The molecule has 0 saturated heterocycles. The summed E-state index contributed by atoms with van der Waals surface area (Å²) >= 11 is 0. The average Bonchev–Trinajstić information content (AvgIpc) is 2.48. The fourth-order valence-corrected chi connectivity index (χ4v) is 2.30. The van der Waals surface area contributed by atoms with Gasteiger partial charge in [-0.25, -0.2) is 0 Å². The van der Waals surface area contributed by atoms with Crippen LogP contribution in [0, 0.1) is 5.92 Å². The number of hydrogen-bond donors (Lipinski definition) is 0. The Labute approximate surface area is 105 Å². The lowest BCUT2D eigenvalue weighted by Crippen LogP contribution is -2.14. The Morgan fingerprint density at radius 1 is 1.41 bits per heavy atom. The maximum Gasteiger partial charge on any atom is 0.161 e. The smallest absolute Gasteiger partial charge is 0.161 e. The molecule has 0 aromatic carbocycles. The van der Waals surface area contributed by atoms with Crippen molar-refractivity contribution in [3.63, 3.8) is 0 Å². The van der Waals surface area contributed by atoms with E-state index in [1.807, 2.05) is 0 Å². The molecular weight excluding hydrogens is 212 g/mol. The van der Waals surface area contributed by atoms with Gasteiger partial charge in [-0.15, -0.1) is 0 Å². The second-order valence-electron chi connectivity index (χ2n) is 4.94. The minimum atomic E-state index is 0.185. The molecule has 0 spiro atoms. The first-order valence-corrected chi connectivity index (χ1v) is 6.52. The SMILES string of the molecule is C=C(CCOC)CCC1CCCCC(=C)C1=O. The molecule has 0 N–H and O–H groups in total. The maximum absolute atomic E-state index is 12.0. The van der Waals surface area contributed by atoms with Crippen LogP contribution in [0.25, 0.3) is 0 Å². The Hall–Kier alpha value is -0.890. The van der Waals surface area contributed by atoms with E-state index >= 15 is 0 Å². The number of rotatable bonds is 6. The van der Waals surface area contributed by atoms with Crippen LogP contribution in [0.15, 0.2) is 24.3 Å². The Morgan fingerprint density at radius 3 is 2.88 bits per heavy atom. The highest BCUT2D eigenvalue weighted by atomic mass is 16.5. The summed E-state index contributed by atoms with van der Waals surface area (Å²) in [6.45, 7) is 8.65. The third-order valence-corrected chi connectivity index (χ3v) is 3.51. The van der Waals surface area contributed by atoms with Gasteiger partial charge in [0.2, 0.25) is 0 Å². The number of hydrogen-bond acceptors (Lipinski definition) is 2. The minimum absolute atomic E-state index is 0.185. The Bertz CT molecular complexity index is 291. The fraction of sp³-hybridized carbons (Fsp3) is 0.667. The van der Waals surface area contributed by atoms with Crippen molar-refractivity contribution in [3.8, 4) is 0 Å². The summed E-state index contributed by atoms with van der Waals surface area (Å²) in [5.74, 6) is 0.478. The molecule has 0 amide bonds. The van der Waals surface area contributed by atoms with Crippen LogP contribution < -0.4 is 0 Å². The summed E-state index contributed by atoms with van der Waals surface area (Å²) < 4.78 is 5.02. The van der Waals surface area contributed by atoms with Crippen molar-refractivity contribution < 1.29 is 9.53 Å². The highest BCUT2D eigenvalue weighted by Crippen LogP contribution is 2.27. The first-order chi connectivity index (χ1) is 8.15. The van der Waals surface area contributed by atoms with Crippen molar-refractivity contribution in [2.45, 2.75) is 44.9 Å². The number of allylic oxidation sites excluding steroid dienone is 1. The van der Waals surface area contributed by atoms with Crippen molar-refractivity contribution in [1.82, 2.24) is 0 Å². The van der Waals surface area contributed by atoms with Gasteiger partial charge < -0.3 is 4.74 Å². The zero-order valence-electron chi connectivity index (χ0n) is 11.0. The molecule has 0 aromatic heterocycles. The number of carbonyl (C=O) groups excluding carboxylic acids is 1. The first-order valence-electron chi connectivity index (χ1n) is 6.52. The van der Waals surface area contributed by atoms with Gasteiger partial charge in [-0.2, -0.15) is 0 Å². The van der Waals surface area contributed by atoms with E-state index in [4.69, 9.17) is 4.74 Å². The molecule has 1 unspecified atom stereocenters. The molecule has 1 saturated carbocycles. The molecule has 2 heteroatoms. The van der Waals surface area contributed by atoms with E-state index in [2.05, 4.69) is 13.2 Å². The van der Waals surface area contributed by atoms with Gasteiger partial charge in [0.15, 0.2) is 5.78 Å². The predicted molar refractivity (Wildman–Crippen MR) is 71.0 cm³/mol. The monoisotopic (exact) mass is 236 g/mol. The summed E-state index contributed by atoms with van der Waals surface area (Å²) in [4.78, 5) is 12.0. The summed E-state index contributed by atoms with van der Waals surface area (Å²) in [5.41, 5.74) is 2.02. The lowest BCUT2D eigenvalue weighted by molar-refractivity contribution is -0.119. The average molecular weight is 236 g/mol. The topological polar surface area (TPSA) is 26.3 Å². The van der Waals surface area contributed by atoms with Gasteiger partial charge in [0.25, 0.3) is 0 Å². The highest BCUT2D eigenvalue weighted by molar-refractivity contribution is 5.96. The van der Waals surface area contributed by atoms with Gasteiger partial charge in [0, 0.05) is 19.6 Å². The molecular formula is C15H24O2. The summed E-state index contributed by atoms with van der Waals surface area (Å²) in [6.07, 6.45) is 6.95. The van der Waals surface area contributed by atoms with E-state index in [0.717, 1.165) is 57.1 Å². The van der Waals surface area contributed by atoms with Crippen LogP contribution in [0.3, 0.4) is 0 Å². The maximum atomic E-state index is 12.0. The number of ether oxygens (including phenoxy) is 1. The van der Waals surface area contributed by atoms with E-state index in [1.165, 1.54) is 5.57 Å². The van der Waals surface area contributed by atoms with Gasteiger partial charge in [0.05, 0.1) is 0 Å². The van der Waals surface area contributed by atoms with Gasteiger partial charge in [0.1, 0.15) is 0 Å². The van der Waals surface area contributed by atoms with Crippen LogP contribution in [0.2, 0.25) is 0 Å². The van der Waals surface area contributed by atoms with Gasteiger partial charge in [-0.3, -0.25) is 4.79 Å². The molecule has 1 fully saturated rings. The third-order valence-electron chi connectivity index (χ3n) is 3.51. The van der Waals surface area contributed by atoms with Crippen molar-refractivity contribution >= 4 is 5.78 Å². The van der Waals surface area contributed by atoms with Crippen LogP contribution in [-0.2, 0) is 9.53 Å². The summed E-state index contributed by atoms with van der Waals surface area (Å²) in [5, 5.41) is 0. The molecule has 0 radical (unpaired) electrons. The van der Waals surface area contributed by atoms with Crippen molar-refractivity contribution in [2.24, 2.45) is 5.92 Å². The van der Waals surface area contributed by atoms with E-state index in [9.17, 15) is 4.79 Å². The number of methoxy groups -OCH3 is 1. The van der Waals surface area contributed by atoms with Gasteiger partial charge in [-0.1, -0.05) is 25.2 Å². The minimum Gasteiger partial charge on any atom is -0.384 e. The lowest BCUT2D eigenvalue weighted by Gasteiger charge is -2.14. The Kier molecular flexibility index (Phi) is 6.20. The molecule has 1 aliphatic rings. The Balaban J connectivity index is 2.36. The third kappa shape index (κ3) is 4.86. The van der Waals surface area contributed by atoms with E-state index in [0.29, 0.717) is 5.78 Å². The van der Waals surface area contributed by atoms with Crippen LogP contribution in [0.1, 0.15) is 44.9 Å². The van der Waals surface area contributed by atoms with Crippen molar-refractivity contribution in [3.05, 3.63) is 24.3 Å². The number of Topliss-reactive ketones (excluding diaryl/α,β-unsaturated/α-hetero) is 1. The lowest BCUT2D eigenvalue weighted by atomic mass is 9.90. The largest absolute Gasteiger partial charge is 0.384 e. The highest BCUT2D eigenvalue weighted by Gasteiger charge is 2.23. The molecule has 2 nitrogen and oxygen atoms in total. The quantitative estimate of drug-likeness (QED) is 0.399. The molecule has 1 aliphatic carbocycles. The van der Waals surface area contributed by atoms with E-state index in [-0.39, 0.29) is 5.92 Å². The Morgan fingerprint density at radius 2 is 2.18 bits per heavy atom. The zero-order valence-corrected chi connectivity index (χ0v) is 11.0. The molecule has 17 heavy (non-hydrogen) atoms. The molecule has 0 bridgehead atoms. The van der Waals surface area contributed by atoms with Gasteiger partial charge in [-0.05, 0) is 44.1 Å². The molecule has 0 heterocycles. The van der Waals surface area contributed by atoms with Gasteiger partial charge >= 0.3 is 0 Å².